The first-order valence-corrected chi connectivity index (χ1v) is 6.71. The monoisotopic (exact) mass is 245 g/mol. The Morgan fingerprint density at radius 1 is 1.28 bits per heavy atom. The third-order valence-corrected chi connectivity index (χ3v) is 3.27. The van der Waals surface area contributed by atoms with E-state index in [4.69, 9.17) is 5.73 Å². The molecule has 1 heterocycles. The highest BCUT2D eigenvalue weighted by Gasteiger charge is 2.14. The van der Waals surface area contributed by atoms with Gasteiger partial charge in [-0.15, -0.1) is 0 Å². The maximum Gasteiger partial charge on any atom is 0.126 e. The largest absolute Gasteiger partial charge is 0.327 e. The molecule has 0 bridgehead atoms. The second-order valence-corrected chi connectivity index (χ2v) is 5.59. The number of aromatic nitrogens is 2. The maximum atomic E-state index is 6.04. The van der Waals surface area contributed by atoms with E-state index in [1.54, 1.807) is 0 Å². The van der Waals surface area contributed by atoms with Gasteiger partial charge in [0, 0.05) is 6.54 Å². The third kappa shape index (κ3) is 2.56. The number of nitrogens with two attached hydrogens (primary N) is 1. The molecule has 3 heteroatoms. The first-order valence-electron chi connectivity index (χ1n) is 6.71. The van der Waals surface area contributed by atoms with Gasteiger partial charge >= 0.3 is 0 Å². The Bertz CT molecular complexity index is 538. The smallest absolute Gasteiger partial charge is 0.126 e. The average molecular weight is 245 g/mol. The molecule has 0 radical (unpaired) electrons. The van der Waals surface area contributed by atoms with Crippen molar-refractivity contribution in [2.45, 2.75) is 46.7 Å². The summed E-state index contributed by atoms with van der Waals surface area (Å²) in [5, 5.41) is 0. The van der Waals surface area contributed by atoms with Gasteiger partial charge in [-0.3, -0.25) is 0 Å². The molecule has 0 aliphatic heterocycles. The summed E-state index contributed by atoms with van der Waals surface area (Å²) in [5.74, 6) is 1.69. The van der Waals surface area contributed by atoms with Crippen LogP contribution in [0.1, 0.15) is 44.6 Å². The fourth-order valence-electron chi connectivity index (χ4n) is 2.23. The molecule has 0 spiro atoms. The zero-order valence-electron chi connectivity index (χ0n) is 11.8. The van der Waals surface area contributed by atoms with Crippen LogP contribution in [0.5, 0.6) is 0 Å². The Labute approximate surface area is 109 Å². The number of benzene rings is 1. The van der Waals surface area contributed by atoms with E-state index in [1.807, 2.05) is 6.92 Å². The van der Waals surface area contributed by atoms with E-state index in [0.29, 0.717) is 5.92 Å². The highest BCUT2D eigenvalue weighted by Crippen LogP contribution is 2.22. The molecule has 1 unspecified atom stereocenters. The summed E-state index contributed by atoms with van der Waals surface area (Å²) < 4.78 is 2.28. The fraction of sp³-hybridized carbons (Fsp3) is 0.533. The average Bonchev–Trinajstić information content (AvgIpc) is 2.64. The third-order valence-electron chi connectivity index (χ3n) is 3.27. The Balaban J connectivity index is 2.48. The predicted molar refractivity (Wildman–Crippen MR) is 76.5 cm³/mol. The lowest BCUT2D eigenvalue weighted by molar-refractivity contribution is 0.503. The Kier molecular flexibility index (Phi) is 3.71. The first kappa shape index (κ1) is 13.1. The highest BCUT2D eigenvalue weighted by atomic mass is 15.1. The van der Waals surface area contributed by atoms with Crippen molar-refractivity contribution in [2.24, 2.45) is 11.7 Å². The van der Waals surface area contributed by atoms with Gasteiger partial charge < -0.3 is 10.3 Å². The lowest BCUT2D eigenvalue weighted by atomic mass is 10.1. The van der Waals surface area contributed by atoms with Gasteiger partial charge in [0.15, 0.2) is 0 Å². The van der Waals surface area contributed by atoms with Crippen molar-refractivity contribution in [3.8, 4) is 0 Å². The van der Waals surface area contributed by atoms with E-state index in [0.717, 1.165) is 24.3 Å². The van der Waals surface area contributed by atoms with Crippen LogP contribution in [0.3, 0.4) is 0 Å². The summed E-state index contributed by atoms with van der Waals surface area (Å²) in [6.45, 7) is 9.58. The Morgan fingerprint density at radius 3 is 2.61 bits per heavy atom. The summed E-state index contributed by atoms with van der Waals surface area (Å²) in [4.78, 5) is 4.69. The van der Waals surface area contributed by atoms with E-state index in [9.17, 15) is 0 Å². The summed E-state index contributed by atoms with van der Waals surface area (Å²) in [7, 11) is 0. The number of hydrogen-bond acceptors (Lipinski definition) is 2. The zero-order valence-corrected chi connectivity index (χ0v) is 11.8. The molecule has 0 aliphatic rings. The minimum atomic E-state index is -0.0233. The van der Waals surface area contributed by atoms with Crippen molar-refractivity contribution >= 4 is 11.0 Å². The van der Waals surface area contributed by atoms with E-state index in [2.05, 4.69) is 48.5 Å². The topological polar surface area (TPSA) is 43.8 Å². The molecule has 2 N–H and O–H groups in total. The molecule has 3 nitrogen and oxygen atoms in total. The predicted octanol–water partition coefficient (Wildman–Crippen LogP) is 3.41. The molecular weight excluding hydrogens is 222 g/mol. The molecule has 0 saturated heterocycles. The van der Waals surface area contributed by atoms with E-state index in [1.165, 1.54) is 11.1 Å². The van der Waals surface area contributed by atoms with E-state index in [-0.39, 0.29) is 6.04 Å². The lowest BCUT2D eigenvalue weighted by Gasteiger charge is -2.12. The lowest BCUT2D eigenvalue weighted by Crippen LogP contribution is -2.14. The number of imidazole rings is 1. The normalized spacial score (nSPS) is 13.4. The molecule has 98 valence electrons. The molecule has 1 aromatic carbocycles. The van der Waals surface area contributed by atoms with E-state index < -0.39 is 0 Å². The molecule has 0 saturated carbocycles. The zero-order chi connectivity index (χ0) is 13.3. The Hall–Kier alpha value is -1.35. The van der Waals surface area contributed by atoms with Crippen molar-refractivity contribution in [2.75, 3.05) is 0 Å². The SMILES string of the molecule is Cc1ccc2c(c1)nc(C(C)N)n2CCC(C)C. The number of aryl methyl sites for hydroxylation is 2. The van der Waals surface area contributed by atoms with Crippen LogP contribution in [-0.2, 0) is 6.54 Å². The number of hydrogen-bond donors (Lipinski definition) is 1. The van der Waals surface area contributed by atoms with Crippen molar-refractivity contribution in [3.63, 3.8) is 0 Å². The number of fused-ring (bicyclic) bond motifs is 1. The van der Waals surface area contributed by atoms with Crippen LogP contribution in [0.15, 0.2) is 18.2 Å². The summed E-state index contributed by atoms with van der Waals surface area (Å²) in [6.07, 6.45) is 1.15. The molecule has 2 rings (SSSR count). The summed E-state index contributed by atoms with van der Waals surface area (Å²) in [5.41, 5.74) is 9.55. The van der Waals surface area contributed by atoms with Gasteiger partial charge in [0.1, 0.15) is 5.82 Å². The van der Waals surface area contributed by atoms with Crippen molar-refractivity contribution in [3.05, 3.63) is 29.6 Å². The minimum Gasteiger partial charge on any atom is -0.327 e. The van der Waals surface area contributed by atoms with Gasteiger partial charge in [0.25, 0.3) is 0 Å². The van der Waals surface area contributed by atoms with Gasteiger partial charge in [0.2, 0.25) is 0 Å². The van der Waals surface area contributed by atoms with E-state index >= 15 is 0 Å². The second-order valence-electron chi connectivity index (χ2n) is 5.59. The molecule has 18 heavy (non-hydrogen) atoms. The molecule has 2 aromatic rings. The molecule has 1 aromatic heterocycles. The number of nitrogens with zero attached hydrogens (tertiary/aromatic N) is 2. The molecule has 0 aliphatic carbocycles. The van der Waals surface area contributed by atoms with Crippen LogP contribution in [-0.4, -0.2) is 9.55 Å². The fourth-order valence-corrected chi connectivity index (χ4v) is 2.23. The second kappa shape index (κ2) is 5.11. The Morgan fingerprint density at radius 2 is 2.00 bits per heavy atom. The standard InChI is InChI=1S/C15H23N3/c1-10(2)7-8-18-14-6-5-11(3)9-13(14)17-15(18)12(4)16/h5-6,9-10,12H,7-8,16H2,1-4H3. The summed E-state index contributed by atoms with van der Waals surface area (Å²) >= 11 is 0. The van der Waals surface area contributed by atoms with Crippen molar-refractivity contribution in [1.82, 2.24) is 9.55 Å². The molecular formula is C15H23N3. The highest BCUT2D eigenvalue weighted by molar-refractivity contribution is 5.77. The molecule has 1 atom stereocenters. The van der Waals surface area contributed by atoms with Gasteiger partial charge in [-0.05, 0) is 43.9 Å². The van der Waals surface area contributed by atoms with Gasteiger partial charge in [0.05, 0.1) is 17.1 Å². The van der Waals surface area contributed by atoms with Crippen LogP contribution < -0.4 is 5.73 Å². The van der Waals surface area contributed by atoms with Gasteiger partial charge in [-0.2, -0.15) is 0 Å². The van der Waals surface area contributed by atoms with Crippen LogP contribution in [0.25, 0.3) is 11.0 Å². The van der Waals surface area contributed by atoms with Gasteiger partial charge in [-0.1, -0.05) is 19.9 Å². The van der Waals surface area contributed by atoms with Crippen LogP contribution >= 0.6 is 0 Å². The number of rotatable bonds is 4. The van der Waals surface area contributed by atoms with Crippen LogP contribution in [0.4, 0.5) is 0 Å². The summed E-state index contributed by atoms with van der Waals surface area (Å²) in [6, 6.07) is 6.41. The quantitative estimate of drug-likeness (QED) is 0.897. The van der Waals surface area contributed by atoms with Gasteiger partial charge in [-0.25, -0.2) is 4.98 Å². The first-order chi connectivity index (χ1) is 8.49. The molecule has 0 amide bonds. The minimum absolute atomic E-state index is 0.0233. The molecule has 0 fully saturated rings. The van der Waals surface area contributed by atoms with Crippen molar-refractivity contribution in [1.29, 1.82) is 0 Å². The van der Waals surface area contributed by atoms with Crippen LogP contribution in [0, 0.1) is 12.8 Å². The van der Waals surface area contributed by atoms with Crippen LogP contribution in [0.2, 0.25) is 0 Å². The maximum absolute atomic E-state index is 6.04. The van der Waals surface area contributed by atoms with Crippen molar-refractivity contribution < 1.29 is 0 Å².